The van der Waals surface area contributed by atoms with Gasteiger partial charge in [-0.1, -0.05) is 44.2 Å². The highest BCUT2D eigenvalue weighted by Gasteiger charge is 2.30. The number of carbonyl (C=O) groups is 2. The van der Waals surface area contributed by atoms with Gasteiger partial charge in [-0.05, 0) is 36.1 Å². The standard InChI is InChI=1S/C22H28BFN2O5/c1-14(2)11-20(23(29)30)26-22(28)18(12-15-7-5-4-6-8-15)25-21(27)17-13-16(24)9-10-19(17)31-3/h4-10,13-14,18,20,29-30H,11-12H2,1-3H3,(H,25,27)(H,26,28)/t18-,20-/m0/s1. The van der Waals surface area contributed by atoms with E-state index in [4.69, 9.17) is 4.74 Å². The van der Waals surface area contributed by atoms with Crippen LogP contribution < -0.4 is 15.4 Å². The molecule has 0 aromatic heterocycles. The number of rotatable bonds is 10. The van der Waals surface area contributed by atoms with E-state index in [0.29, 0.717) is 6.42 Å². The smallest absolute Gasteiger partial charge is 0.475 e. The van der Waals surface area contributed by atoms with E-state index in [1.807, 2.05) is 32.0 Å². The zero-order valence-corrected chi connectivity index (χ0v) is 17.8. The van der Waals surface area contributed by atoms with Crippen LogP contribution in [0.5, 0.6) is 5.75 Å². The van der Waals surface area contributed by atoms with Crippen molar-refractivity contribution in [2.24, 2.45) is 5.92 Å². The van der Waals surface area contributed by atoms with Crippen molar-refractivity contribution in [3.8, 4) is 5.75 Å². The van der Waals surface area contributed by atoms with Crippen LogP contribution in [0.1, 0.15) is 36.2 Å². The molecule has 2 rings (SSSR count). The van der Waals surface area contributed by atoms with Crippen LogP contribution >= 0.6 is 0 Å². The van der Waals surface area contributed by atoms with Crippen molar-refractivity contribution < 1.29 is 28.8 Å². The molecule has 2 aromatic rings. The molecule has 31 heavy (non-hydrogen) atoms. The maximum atomic E-state index is 13.7. The summed E-state index contributed by atoms with van der Waals surface area (Å²) in [6.45, 7) is 3.78. The normalized spacial score (nSPS) is 12.7. The summed E-state index contributed by atoms with van der Waals surface area (Å²) >= 11 is 0. The first-order valence-electron chi connectivity index (χ1n) is 10.1. The van der Waals surface area contributed by atoms with Gasteiger partial charge in [0.15, 0.2) is 0 Å². The Labute approximate surface area is 181 Å². The van der Waals surface area contributed by atoms with Gasteiger partial charge in [-0.2, -0.15) is 0 Å². The fraction of sp³-hybridized carbons (Fsp3) is 0.364. The SMILES string of the molecule is COc1ccc(F)cc1C(=O)N[C@@H](Cc1ccccc1)C(=O)N[C@@H](CC(C)C)B(O)O. The molecule has 2 aromatic carbocycles. The summed E-state index contributed by atoms with van der Waals surface area (Å²) in [4.78, 5) is 25.8. The zero-order chi connectivity index (χ0) is 23.0. The van der Waals surface area contributed by atoms with E-state index >= 15 is 0 Å². The Hall–Kier alpha value is -2.91. The second kappa shape index (κ2) is 11.5. The van der Waals surface area contributed by atoms with Crippen molar-refractivity contribution in [2.75, 3.05) is 7.11 Å². The highest BCUT2D eigenvalue weighted by molar-refractivity contribution is 6.43. The average Bonchev–Trinajstić information content (AvgIpc) is 2.73. The maximum absolute atomic E-state index is 13.7. The Kier molecular flexibility index (Phi) is 9.02. The molecule has 166 valence electrons. The first-order chi connectivity index (χ1) is 14.7. The summed E-state index contributed by atoms with van der Waals surface area (Å²) in [5.41, 5.74) is 0.744. The molecule has 2 amide bonds. The number of methoxy groups -OCH3 is 1. The molecular formula is C22H28BFN2O5. The van der Waals surface area contributed by atoms with Gasteiger partial charge >= 0.3 is 7.12 Å². The summed E-state index contributed by atoms with van der Waals surface area (Å²) in [7, 11) is -0.389. The van der Waals surface area contributed by atoms with Gasteiger partial charge in [-0.3, -0.25) is 9.59 Å². The lowest BCUT2D eigenvalue weighted by Gasteiger charge is -2.24. The lowest BCUT2D eigenvalue weighted by molar-refractivity contribution is -0.123. The lowest BCUT2D eigenvalue weighted by atomic mass is 9.75. The first-order valence-corrected chi connectivity index (χ1v) is 10.1. The molecule has 0 unspecified atom stereocenters. The average molecular weight is 430 g/mol. The van der Waals surface area contributed by atoms with E-state index in [-0.39, 0.29) is 23.7 Å². The molecule has 7 nitrogen and oxygen atoms in total. The Balaban J connectivity index is 2.27. The van der Waals surface area contributed by atoms with Crippen molar-refractivity contribution in [1.82, 2.24) is 10.6 Å². The third kappa shape index (κ3) is 7.38. The molecule has 2 atom stereocenters. The van der Waals surface area contributed by atoms with E-state index in [9.17, 15) is 24.0 Å². The summed E-state index contributed by atoms with van der Waals surface area (Å²) < 4.78 is 18.8. The maximum Gasteiger partial charge on any atom is 0.475 e. The van der Waals surface area contributed by atoms with Gasteiger partial charge in [0.25, 0.3) is 5.91 Å². The molecule has 0 heterocycles. The fourth-order valence-corrected chi connectivity index (χ4v) is 3.20. The third-order valence-corrected chi connectivity index (χ3v) is 4.72. The molecule has 0 fully saturated rings. The van der Waals surface area contributed by atoms with E-state index in [1.165, 1.54) is 19.2 Å². The predicted octanol–water partition coefficient (Wildman–Crippen LogP) is 1.72. The monoisotopic (exact) mass is 430 g/mol. The fourth-order valence-electron chi connectivity index (χ4n) is 3.20. The minimum atomic E-state index is -1.75. The molecule has 0 aliphatic heterocycles. The van der Waals surface area contributed by atoms with Crippen LogP contribution in [-0.2, 0) is 11.2 Å². The van der Waals surface area contributed by atoms with E-state index in [1.54, 1.807) is 12.1 Å². The van der Waals surface area contributed by atoms with Gasteiger partial charge in [0.2, 0.25) is 5.91 Å². The highest BCUT2D eigenvalue weighted by atomic mass is 19.1. The van der Waals surface area contributed by atoms with Crippen LogP contribution in [0.3, 0.4) is 0 Å². The van der Waals surface area contributed by atoms with Crippen LogP contribution in [0.2, 0.25) is 0 Å². The van der Waals surface area contributed by atoms with E-state index < -0.39 is 36.7 Å². The lowest BCUT2D eigenvalue weighted by Crippen LogP contribution is -2.55. The molecule has 0 saturated heterocycles. The number of nitrogens with one attached hydrogen (secondary N) is 2. The Bertz CT molecular complexity index is 879. The van der Waals surface area contributed by atoms with Crippen LogP contribution in [0.15, 0.2) is 48.5 Å². The van der Waals surface area contributed by atoms with E-state index in [2.05, 4.69) is 10.6 Å². The summed E-state index contributed by atoms with van der Waals surface area (Å²) in [5.74, 6) is -2.50. The van der Waals surface area contributed by atoms with Crippen molar-refractivity contribution in [3.63, 3.8) is 0 Å². The van der Waals surface area contributed by atoms with Crippen LogP contribution in [-0.4, -0.2) is 48.1 Å². The number of hydrogen-bond acceptors (Lipinski definition) is 5. The molecule has 4 N–H and O–H groups in total. The molecule has 0 saturated carbocycles. The second-order valence-corrected chi connectivity index (χ2v) is 7.72. The number of hydrogen-bond donors (Lipinski definition) is 4. The van der Waals surface area contributed by atoms with Gasteiger partial charge in [0.1, 0.15) is 17.6 Å². The predicted molar refractivity (Wildman–Crippen MR) is 116 cm³/mol. The van der Waals surface area contributed by atoms with Crippen LogP contribution in [0.25, 0.3) is 0 Å². The number of amides is 2. The first kappa shape index (κ1) is 24.4. The largest absolute Gasteiger partial charge is 0.496 e. The molecule has 0 aliphatic carbocycles. The molecule has 0 bridgehead atoms. The minimum Gasteiger partial charge on any atom is -0.496 e. The number of benzene rings is 2. The summed E-state index contributed by atoms with van der Waals surface area (Å²) in [6.07, 6.45) is 0.499. The van der Waals surface area contributed by atoms with Crippen LogP contribution in [0.4, 0.5) is 4.39 Å². The summed E-state index contributed by atoms with van der Waals surface area (Å²) in [5, 5.41) is 24.5. The van der Waals surface area contributed by atoms with Crippen molar-refractivity contribution in [3.05, 3.63) is 65.5 Å². The van der Waals surface area contributed by atoms with Gasteiger partial charge in [0.05, 0.1) is 18.6 Å². The Morgan fingerprint density at radius 3 is 2.35 bits per heavy atom. The quantitative estimate of drug-likeness (QED) is 0.430. The van der Waals surface area contributed by atoms with Crippen molar-refractivity contribution in [1.29, 1.82) is 0 Å². The van der Waals surface area contributed by atoms with Crippen molar-refractivity contribution in [2.45, 2.75) is 38.7 Å². The van der Waals surface area contributed by atoms with Crippen molar-refractivity contribution >= 4 is 18.9 Å². The number of carbonyl (C=O) groups excluding carboxylic acids is 2. The van der Waals surface area contributed by atoms with Gasteiger partial charge < -0.3 is 25.4 Å². The van der Waals surface area contributed by atoms with E-state index in [0.717, 1.165) is 11.6 Å². The van der Waals surface area contributed by atoms with Gasteiger partial charge in [-0.15, -0.1) is 0 Å². The topological polar surface area (TPSA) is 108 Å². The summed E-state index contributed by atoms with van der Waals surface area (Å²) in [6, 6.07) is 11.6. The Morgan fingerprint density at radius 1 is 1.10 bits per heavy atom. The molecule has 0 spiro atoms. The molecule has 9 heteroatoms. The van der Waals surface area contributed by atoms with Crippen LogP contribution in [0, 0.1) is 11.7 Å². The van der Waals surface area contributed by atoms with Gasteiger partial charge in [-0.25, -0.2) is 4.39 Å². The highest BCUT2D eigenvalue weighted by Crippen LogP contribution is 2.19. The molecule has 0 aliphatic rings. The third-order valence-electron chi connectivity index (χ3n) is 4.72. The molecular weight excluding hydrogens is 402 g/mol. The number of halogens is 1. The van der Waals surface area contributed by atoms with Gasteiger partial charge in [0, 0.05) is 6.42 Å². The minimum absolute atomic E-state index is 0.0470. The number of ether oxygens (including phenoxy) is 1. The second-order valence-electron chi connectivity index (χ2n) is 7.72. The zero-order valence-electron chi connectivity index (χ0n) is 17.8. The molecule has 0 radical (unpaired) electrons. The Morgan fingerprint density at radius 2 is 1.77 bits per heavy atom.